The summed E-state index contributed by atoms with van der Waals surface area (Å²) in [7, 11) is -3.39. The van der Waals surface area contributed by atoms with Gasteiger partial charge in [0, 0.05) is 18.0 Å². The van der Waals surface area contributed by atoms with Crippen molar-refractivity contribution in [1.29, 1.82) is 0 Å². The second kappa shape index (κ2) is 7.27. The van der Waals surface area contributed by atoms with Crippen molar-refractivity contribution < 1.29 is 17.9 Å². The molecule has 0 bridgehead atoms. The molecule has 1 aromatic heterocycles. The summed E-state index contributed by atoms with van der Waals surface area (Å²) in [5.74, 6) is -0.510. The quantitative estimate of drug-likeness (QED) is 0.499. The summed E-state index contributed by atoms with van der Waals surface area (Å²) >= 11 is 6.04. The summed E-state index contributed by atoms with van der Waals surface area (Å²) in [6.45, 7) is 0. The molecule has 7 heteroatoms. The summed E-state index contributed by atoms with van der Waals surface area (Å²) in [5, 5.41) is 0.0437. The lowest BCUT2D eigenvalue weighted by molar-refractivity contribution is 0.0735. The highest BCUT2D eigenvalue weighted by Gasteiger charge is 2.15. The van der Waals surface area contributed by atoms with Crippen molar-refractivity contribution in [3.63, 3.8) is 0 Å². The largest absolute Gasteiger partial charge is 0.421 e. The molecule has 0 saturated carbocycles. The molecule has 0 N–H and O–H groups in total. The van der Waals surface area contributed by atoms with Gasteiger partial charge >= 0.3 is 5.97 Å². The number of rotatable bonds is 4. The fraction of sp³-hybridized carbons (Fsp3) is 0.0526. The van der Waals surface area contributed by atoms with E-state index in [9.17, 15) is 13.2 Å². The highest BCUT2D eigenvalue weighted by molar-refractivity contribution is 7.90. The Balaban J connectivity index is 1.85. The van der Waals surface area contributed by atoms with Crippen molar-refractivity contribution in [2.24, 2.45) is 0 Å². The van der Waals surface area contributed by atoms with E-state index in [1.165, 1.54) is 18.2 Å². The van der Waals surface area contributed by atoms with Gasteiger partial charge in [0.2, 0.25) is 0 Å². The first-order chi connectivity index (χ1) is 12.3. The van der Waals surface area contributed by atoms with E-state index in [-0.39, 0.29) is 15.7 Å². The molecule has 2 aromatic carbocycles. The average Bonchev–Trinajstić information content (AvgIpc) is 2.63. The number of halogens is 1. The Bertz CT molecular complexity index is 1070. The number of carbonyl (C=O) groups is 1. The molecule has 1 heterocycles. The molecule has 0 aliphatic carbocycles. The highest BCUT2D eigenvalue weighted by atomic mass is 35.5. The average molecular weight is 388 g/mol. The maximum absolute atomic E-state index is 12.4. The van der Waals surface area contributed by atoms with Crippen LogP contribution in [0.4, 0.5) is 0 Å². The van der Waals surface area contributed by atoms with Gasteiger partial charge < -0.3 is 4.74 Å². The van der Waals surface area contributed by atoms with Crippen LogP contribution in [-0.4, -0.2) is 25.6 Å². The SMILES string of the molecule is CS(=O)(=O)c1ccc(OC(=O)c2cccc(-c3ccccn3)c2)c(Cl)c1. The minimum absolute atomic E-state index is 0.0437. The Morgan fingerprint density at radius 1 is 1.04 bits per heavy atom. The second-order valence-corrected chi connectivity index (χ2v) is 7.97. The van der Waals surface area contributed by atoms with Gasteiger partial charge in [-0.3, -0.25) is 4.98 Å². The van der Waals surface area contributed by atoms with Crippen molar-refractivity contribution in [2.75, 3.05) is 6.26 Å². The van der Waals surface area contributed by atoms with Gasteiger partial charge in [-0.2, -0.15) is 0 Å². The molecule has 0 spiro atoms. The first-order valence-corrected chi connectivity index (χ1v) is 9.85. The van der Waals surface area contributed by atoms with E-state index < -0.39 is 15.8 Å². The number of hydrogen-bond donors (Lipinski definition) is 0. The van der Waals surface area contributed by atoms with Crippen LogP contribution >= 0.6 is 11.6 Å². The van der Waals surface area contributed by atoms with E-state index in [2.05, 4.69) is 4.98 Å². The monoisotopic (exact) mass is 387 g/mol. The lowest BCUT2D eigenvalue weighted by Crippen LogP contribution is -2.09. The maximum Gasteiger partial charge on any atom is 0.343 e. The van der Waals surface area contributed by atoms with Gasteiger partial charge in [-0.05, 0) is 42.5 Å². The van der Waals surface area contributed by atoms with Crippen molar-refractivity contribution >= 4 is 27.4 Å². The standard InChI is InChI=1S/C19H14ClNO4S/c1-26(23,24)15-8-9-18(16(20)12-15)25-19(22)14-6-4-5-13(11-14)17-7-2-3-10-21-17/h2-12H,1H3. The van der Waals surface area contributed by atoms with E-state index >= 15 is 0 Å². The third-order valence-corrected chi connectivity index (χ3v) is 5.00. The van der Waals surface area contributed by atoms with Gasteiger partial charge in [-0.15, -0.1) is 0 Å². The number of nitrogens with zero attached hydrogens (tertiary/aromatic N) is 1. The van der Waals surface area contributed by atoms with Crippen LogP contribution in [0.1, 0.15) is 10.4 Å². The number of pyridine rings is 1. The number of carbonyl (C=O) groups excluding carboxylic acids is 1. The van der Waals surface area contributed by atoms with Gasteiger partial charge in [0.15, 0.2) is 9.84 Å². The molecule has 0 aliphatic rings. The van der Waals surface area contributed by atoms with E-state index in [1.807, 2.05) is 24.3 Å². The van der Waals surface area contributed by atoms with Crippen LogP contribution in [0.3, 0.4) is 0 Å². The first-order valence-electron chi connectivity index (χ1n) is 7.58. The van der Waals surface area contributed by atoms with E-state index in [4.69, 9.17) is 16.3 Å². The van der Waals surface area contributed by atoms with Crippen LogP contribution in [0, 0.1) is 0 Å². The fourth-order valence-corrected chi connectivity index (χ4v) is 3.22. The number of ether oxygens (including phenoxy) is 1. The van der Waals surface area contributed by atoms with E-state index in [1.54, 1.807) is 24.4 Å². The van der Waals surface area contributed by atoms with Gasteiger partial charge in [0.25, 0.3) is 0 Å². The smallest absolute Gasteiger partial charge is 0.343 e. The molecule has 3 aromatic rings. The molecule has 26 heavy (non-hydrogen) atoms. The summed E-state index contributed by atoms with van der Waals surface area (Å²) in [6, 6.07) is 16.3. The van der Waals surface area contributed by atoms with Crippen LogP contribution in [-0.2, 0) is 9.84 Å². The third-order valence-electron chi connectivity index (χ3n) is 3.59. The summed E-state index contributed by atoms with van der Waals surface area (Å²) in [6.07, 6.45) is 2.75. The predicted octanol–water partition coefficient (Wildman–Crippen LogP) is 4.02. The number of esters is 1. The molecule has 0 aliphatic heterocycles. The number of aromatic nitrogens is 1. The van der Waals surface area contributed by atoms with Crippen molar-refractivity contribution in [3.05, 3.63) is 77.4 Å². The Morgan fingerprint density at radius 2 is 1.85 bits per heavy atom. The normalized spacial score (nSPS) is 11.2. The minimum Gasteiger partial charge on any atom is -0.421 e. The zero-order chi connectivity index (χ0) is 18.7. The van der Waals surface area contributed by atoms with Crippen molar-refractivity contribution in [2.45, 2.75) is 4.90 Å². The molecule has 0 fully saturated rings. The third kappa shape index (κ3) is 4.09. The highest BCUT2D eigenvalue weighted by Crippen LogP contribution is 2.28. The Hall–Kier alpha value is -2.70. The van der Waals surface area contributed by atoms with Crippen LogP contribution in [0.15, 0.2) is 71.8 Å². The van der Waals surface area contributed by atoms with Crippen LogP contribution in [0.5, 0.6) is 5.75 Å². The first kappa shape index (κ1) is 18.1. The molecule has 0 atom stereocenters. The van der Waals surface area contributed by atoms with Crippen molar-refractivity contribution in [3.8, 4) is 17.0 Å². The van der Waals surface area contributed by atoms with Gasteiger partial charge in [-0.25, -0.2) is 13.2 Å². The molecular weight excluding hydrogens is 374 g/mol. The molecule has 0 amide bonds. The maximum atomic E-state index is 12.4. The van der Waals surface area contributed by atoms with Gasteiger partial charge in [0.1, 0.15) is 5.75 Å². The summed E-state index contributed by atoms with van der Waals surface area (Å²) in [4.78, 5) is 16.7. The molecule has 5 nitrogen and oxygen atoms in total. The van der Waals surface area contributed by atoms with E-state index in [0.717, 1.165) is 17.5 Å². The van der Waals surface area contributed by atoms with E-state index in [0.29, 0.717) is 5.56 Å². The molecule has 132 valence electrons. The fourth-order valence-electron chi connectivity index (χ4n) is 2.29. The van der Waals surface area contributed by atoms with Crippen LogP contribution in [0.2, 0.25) is 5.02 Å². The molecule has 0 unspecified atom stereocenters. The lowest BCUT2D eigenvalue weighted by atomic mass is 10.1. The van der Waals surface area contributed by atoms with Crippen molar-refractivity contribution in [1.82, 2.24) is 4.98 Å². The Kier molecular flexibility index (Phi) is 5.06. The second-order valence-electron chi connectivity index (χ2n) is 5.55. The zero-order valence-electron chi connectivity index (χ0n) is 13.7. The summed E-state index contributed by atoms with van der Waals surface area (Å²) in [5.41, 5.74) is 1.84. The van der Waals surface area contributed by atoms with Gasteiger partial charge in [-0.1, -0.05) is 29.8 Å². The molecule has 3 rings (SSSR count). The molecule has 0 saturated heterocycles. The lowest BCUT2D eigenvalue weighted by Gasteiger charge is -2.08. The Labute approximate surface area is 156 Å². The number of sulfone groups is 1. The topological polar surface area (TPSA) is 73.3 Å². The van der Waals surface area contributed by atoms with Crippen LogP contribution in [0.25, 0.3) is 11.3 Å². The number of benzene rings is 2. The zero-order valence-corrected chi connectivity index (χ0v) is 15.3. The van der Waals surface area contributed by atoms with Gasteiger partial charge in [0.05, 0.1) is 21.2 Å². The minimum atomic E-state index is -3.39. The number of hydrogen-bond acceptors (Lipinski definition) is 5. The van der Waals surface area contributed by atoms with Crippen LogP contribution < -0.4 is 4.74 Å². The Morgan fingerprint density at radius 3 is 2.50 bits per heavy atom. The summed E-state index contributed by atoms with van der Waals surface area (Å²) < 4.78 is 28.4. The molecule has 0 radical (unpaired) electrons. The predicted molar refractivity (Wildman–Crippen MR) is 99.2 cm³/mol. The molecular formula is C19H14ClNO4S.